The van der Waals surface area contributed by atoms with Gasteiger partial charge in [0.15, 0.2) is 0 Å². The number of carbonyl (C=O) groups excluding carboxylic acids is 1. The molecule has 106 valence electrons. The van der Waals surface area contributed by atoms with Crippen LogP contribution in [0.5, 0.6) is 0 Å². The fourth-order valence-electron chi connectivity index (χ4n) is 2.31. The Bertz CT molecular complexity index is 433. The predicted octanol–water partition coefficient (Wildman–Crippen LogP) is 2.96. The first-order valence-electron chi connectivity index (χ1n) is 7.33. The van der Waals surface area contributed by atoms with Crippen molar-refractivity contribution in [2.45, 2.75) is 52.0 Å². The number of unbranched alkanes of at least 4 members (excludes halogenated alkanes) is 1. The smallest absolute Gasteiger partial charge is 0.267 e. The first kappa shape index (κ1) is 14.0. The van der Waals surface area contributed by atoms with Crippen molar-refractivity contribution >= 4 is 11.6 Å². The number of amides is 1. The van der Waals surface area contributed by atoms with E-state index >= 15 is 0 Å². The van der Waals surface area contributed by atoms with Crippen LogP contribution in [-0.4, -0.2) is 17.0 Å². The molecule has 0 bridgehead atoms. The average Bonchev–Trinajstić information content (AvgIpc) is 3.11. The topological polar surface area (TPSA) is 60.1 Å². The van der Waals surface area contributed by atoms with Crippen molar-refractivity contribution in [2.24, 2.45) is 5.92 Å². The van der Waals surface area contributed by atoms with E-state index in [1.807, 2.05) is 10.8 Å². The summed E-state index contributed by atoms with van der Waals surface area (Å²) in [6.45, 7) is 5.20. The van der Waals surface area contributed by atoms with Gasteiger partial charge in [-0.1, -0.05) is 26.7 Å². The molecular formula is C15H25N3O. The van der Waals surface area contributed by atoms with Crippen molar-refractivity contribution in [1.82, 2.24) is 9.88 Å². The van der Waals surface area contributed by atoms with Crippen molar-refractivity contribution in [3.05, 3.63) is 18.0 Å². The van der Waals surface area contributed by atoms with Gasteiger partial charge in [-0.05, 0) is 31.2 Å². The molecule has 2 rings (SSSR count). The molecule has 4 nitrogen and oxygen atoms in total. The standard InChI is InChI=1S/C15H25N3O/c1-11(2)5-3-4-8-17-15(19)14-9-12(16)10-18(14)13-6-7-13/h9-11,13H,3-8,16H2,1-2H3,(H,17,19). The van der Waals surface area contributed by atoms with Gasteiger partial charge in [0.2, 0.25) is 0 Å². The summed E-state index contributed by atoms with van der Waals surface area (Å²) in [7, 11) is 0. The van der Waals surface area contributed by atoms with Crippen LogP contribution in [-0.2, 0) is 0 Å². The number of nitrogen functional groups attached to an aromatic ring is 1. The number of nitrogens with two attached hydrogens (primary N) is 1. The van der Waals surface area contributed by atoms with Crippen molar-refractivity contribution in [3.8, 4) is 0 Å². The van der Waals surface area contributed by atoms with Crippen molar-refractivity contribution in [1.29, 1.82) is 0 Å². The zero-order valence-corrected chi connectivity index (χ0v) is 12.0. The van der Waals surface area contributed by atoms with Crippen LogP contribution in [0.15, 0.2) is 12.3 Å². The number of rotatable bonds is 7. The molecule has 4 heteroatoms. The summed E-state index contributed by atoms with van der Waals surface area (Å²) in [6.07, 6.45) is 7.63. The molecule has 1 fully saturated rings. The summed E-state index contributed by atoms with van der Waals surface area (Å²) in [5, 5.41) is 2.99. The Kier molecular flexibility index (Phi) is 4.51. The van der Waals surface area contributed by atoms with Crippen LogP contribution in [0.1, 0.15) is 62.5 Å². The molecule has 3 N–H and O–H groups in total. The van der Waals surface area contributed by atoms with E-state index in [9.17, 15) is 4.79 Å². The zero-order valence-electron chi connectivity index (χ0n) is 12.0. The predicted molar refractivity (Wildman–Crippen MR) is 78.1 cm³/mol. The van der Waals surface area contributed by atoms with Gasteiger partial charge in [0.05, 0.1) is 5.69 Å². The highest BCUT2D eigenvalue weighted by Gasteiger charge is 2.27. The minimum atomic E-state index is 0.00754. The molecule has 1 aromatic heterocycles. The molecule has 1 heterocycles. The fraction of sp³-hybridized carbons (Fsp3) is 0.667. The highest BCUT2D eigenvalue weighted by atomic mass is 16.1. The molecule has 1 aromatic rings. The normalized spacial score (nSPS) is 14.9. The molecule has 1 saturated carbocycles. The molecular weight excluding hydrogens is 238 g/mol. The van der Waals surface area contributed by atoms with Gasteiger partial charge in [-0.2, -0.15) is 0 Å². The van der Waals surface area contributed by atoms with Crippen LogP contribution in [0.4, 0.5) is 5.69 Å². The molecule has 0 aromatic carbocycles. The molecule has 0 aliphatic heterocycles. The number of hydrogen-bond acceptors (Lipinski definition) is 2. The van der Waals surface area contributed by atoms with Crippen molar-refractivity contribution < 1.29 is 4.79 Å². The van der Waals surface area contributed by atoms with Gasteiger partial charge in [-0.25, -0.2) is 0 Å². The lowest BCUT2D eigenvalue weighted by molar-refractivity contribution is 0.0943. The van der Waals surface area contributed by atoms with Gasteiger partial charge in [0.1, 0.15) is 5.69 Å². The van der Waals surface area contributed by atoms with Crippen LogP contribution in [0.3, 0.4) is 0 Å². The van der Waals surface area contributed by atoms with E-state index in [0.717, 1.165) is 31.7 Å². The summed E-state index contributed by atoms with van der Waals surface area (Å²) in [4.78, 5) is 12.1. The van der Waals surface area contributed by atoms with Gasteiger partial charge in [0.25, 0.3) is 5.91 Å². The lowest BCUT2D eigenvalue weighted by Gasteiger charge is -2.09. The molecule has 1 amide bonds. The average molecular weight is 263 g/mol. The van der Waals surface area contributed by atoms with Crippen molar-refractivity contribution in [2.75, 3.05) is 12.3 Å². The van der Waals surface area contributed by atoms with Crippen LogP contribution in [0.2, 0.25) is 0 Å². The Balaban J connectivity index is 1.79. The number of carbonyl (C=O) groups is 1. The minimum absolute atomic E-state index is 0.00754. The Morgan fingerprint density at radius 2 is 2.21 bits per heavy atom. The van der Waals surface area contributed by atoms with Gasteiger partial charge >= 0.3 is 0 Å². The van der Waals surface area contributed by atoms with E-state index in [4.69, 9.17) is 5.73 Å². The second-order valence-electron chi connectivity index (χ2n) is 5.94. The second-order valence-corrected chi connectivity index (χ2v) is 5.94. The molecule has 0 unspecified atom stereocenters. The molecule has 0 radical (unpaired) electrons. The highest BCUT2D eigenvalue weighted by Crippen LogP contribution is 2.37. The molecule has 0 spiro atoms. The van der Waals surface area contributed by atoms with E-state index in [0.29, 0.717) is 17.4 Å². The first-order chi connectivity index (χ1) is 9.08. The van der Waals surface area contributed by atoms with E-state index in [1.165, 1.54) is 12.8 Å². The third-order valence-electron chi connectivity index (χ3n) is 3.54. The SMILES string of the molecule is CC(C)CCCCNC(=O)c1cc(N)cn1C1CC1. The molecule has 0 atom stereocenters. The van der Waals surface area contributed by atoms with Gasteiger partial charge < -0.3 is 15.6 Å². The largest absolute Gasteiger partial charge is 0.397 e. The number of hydrogen-bond donors (Lipinski definition) is 2. The van der Waals surface area contributed by atoms with E-state index in [1.54, 1.807) is 6.07 Å². The van der Waals surface area contributed by atoms with Crippen LogP contribution in [0, 0.1) is 5.92 Å². The summed E-state index contributed by atoms with van der Waals surface area (Å²) in [6, 6.07) is 2.26. The monoisotopic (exact) mass is 263 g/mol. The van der Waals surface area contributed by atoms with E-state index in [2.05, 4.69) is 19.2 Å². The van der Waals surface area contributed by atoms with Gasteiger partial charge in [-0.3, -0.25) is 4.79 Å². The fourth-order valence-corrected chi connectivity index (χ4v) is 2.31. The Morgan fingerprint density at radius 1 is 1.47 bits per heavy atom. The maximum absolute atomic E-state index is 12.1. The van der Waals surface area contributed by atoms with E-state index < -0.39 is 0 Å². The highest BCUT2D eigenvalue weighted by molar-refractivity contribution is 5.93. The first-order valence-corrected chi connectivity index (χ1v) is 7.33. The molecule has 1 aliphatic rings. The Hall–Kier alpha value is -1.45. The summed E-state index contributed by atoms with van der Waals surface area (Å²) in [5.74, 6) is 0.746. The third-order valence-corrected chi connectivity index (χ3v) is 3.54. The zero-order chi connectivity index (χ0) is 13.8. The number of anilines is 1. The number of nitrogens with one attached hydrogen (secondary N) is 1. The maximum Gasteiger partial charge on any atom is 0.267 e. The maximum atomic E-state index is 12.1. The van der Waals surface area contributed by atoms with Crippen LogP contribution >= 0.6 is 0 Å². The lowest BCUT2D eigenvalue weighted by atomic mass is 10.1. The molecule has 1 aliphatic carbocycles. The van der Waals surface area contributed by atoms with E-state index in [-0.39, 0.29) is 5.91 Å². The van der Waals surface area contributed by atoms with Crippen molar-refractivity contribution in [3.63, 3.8) is 0 Å². The van der Waals surface area contributed by atoms with Crippen LogP contribution in [0.25, 0.3) is 0 Å². The quantitative estimate of drug-likeness (QED) is 0.743. The van der Waals surface area contributed by atoms with Crippen LogP contribution < -0.4 is 11.1 Å². The summed E-state index contributed by atoms with van der Waals surface area (Å²) < 4.78 is 2.03. The van der Waals surface area contributed by atoms with Gasteiger partial charge in [0, 0.05) is 18.8 Å². The molecule has 19 heavy (non-hydrogen) atoms. The summed E-state index contributed by atoms with van der Waals surface area (Å²) >= 11 is 0. The number of nitrogens with zero attached hydrogens (tertiary/aromatic N) is 1. The minimum Gasteiger partial charge on any atom is -0.397 e. The number of aromatic nitrogens is 1. The lowest BCUT2D eigenvalue weighted by Crippen LogP contribution is -2.26. The second kappa shape index (κ2) is 6.13. The van der Waals surface area contributed by atoms with Gasteiger partial charge in [-0.15, -0.1) is 0 Å². The third kappa shape index (κ3) is 4.01. The Labute approximate surface area is 115 Å². The summed E-state index contributed by atoms with van der Waals surface area (Å²) in [5.41, 5.74) is 7.18. The Morgan fingerprint density at radius 3 is 2.84 bits per heavy atom. The molecule has 0 saturated heterocycles.